The van der Waals surface area contributed by atoms with Gasteiger partial charge in [0.05, 0.1) is 5.71 Å². The Balaban J connectivity index is 2.36. The maximum absolute atomic E-state index is 5.31. The van der Waals surface area contributed by atoms with Gasteiger partial charge in [0, 0.05) is 5.92 Å². The predicted molar refractivity (Wildman–Crippen MR) is 71.0 cm³/mol. The van der Waals surface area contributed by atoms with Gasteiger partial charge in [-0.3, -0.25) is 0 Å². The number of nitrogens with two attached hydrogens (primary N) is 2. The van der Waals surface area contributed by atoms with Crippen molar-refractivity contribution in [3.63, 3.8) is 0 Å². The lowest BCUT2D eigenvalue weighted by Gasteiger charge is -2.06. The van der Waals surface area contributed by atoms with Crippen molar-refractivity contribution in [2.45, 2.75) is 26.7 Å². The van der Waals surface area contributed by atoms with Gasteiger partial charge in [-0.25, -0.2) is 0 Å². The number of nitrogens with zero attached hydrogens (tertiary/aromatic N) is 2. The Labute approximate surface area is 101 Å². The van der Waals surface area contributed by atoms with Crippen molar-refractivity contribution in [2.75, 3.05) is 0 Å². The predicted octanol–water partition coefficient (Wildman–Crippen LogP) is 1.69. The largest absolute Gasteiger partial charge is 0.369 e. The molecule has 90 valence electrons. The van der Waals surface area contributed by atoms with Crippen molar-refractivity contribution in [1.29, 1.82) is 0 Å². The number of hydrogen-bond acceptors (Lipinski definition) is 2. The second kappa shape index (κ2) is 4.57. The summed E-state index contributed by atoms with van der Waals surface area (Å²) < 4.78 is 0. The fraction of sp³-hybridized carbons (Fsp3) is 0.385. The lowest BCUT2D eigenvalue weighted by Crippen LogP contribution is -2.22. The van der Waals surface area contributed by atoms with Gasteiger partial charge in [-0.1, -0.05) is 12.1 Å². The van der Waals surface area contributed by atoms with Crippen molar-refractivity contribution >= 4 is 11.7 Å². The Hall–Kier alpha value is -1.84. The summed E-state index contributed by atoms with van der Waals surface area (Å²) in [5.74, 6) is 0.521. The standard InChI is InChI=1S/C13H18N4/c1-8-3-4-11(7-9(8)2)12(10-5-6-10)16-17-13(14)15/h3-4,7,10H,5-6H2,1-2H3,(H4,14,15,17)/b16-12+. The first-order valence-corrected chi connectivity index (χ1v) is 5.82. The molecule has 4 N–H and O–H groups in total. The van der Waals surface area contributed by atoms with Gasteiger partial charge in [-0.2, -0.15) is 5.10 Å². The minimum atomic E-state index is 0.00647. The third-order valence-electron chi connectivity index (χ3n) is 3.04. The number of rotatable bonds is 3. The maximum atomic E-state index is 5.31. The number of guanidine groups is 1. The molecule has 0 atom stereocenters. The fourth-order valence-corrected chi connectivity index (χ4v) is 1.74. The maximum Gasteiger partial charge on any atom is 0.211 e. The molecule has 0 bridgehead atoms. The van der Waals surface area contributed by atoms with Crippen LogP contribution in [0, 0.1) is 19.8 Å². The summed E-state index contributed by atoms with van der Waals surface area (Å²) >= 11 is 0. The van der Waals surface area contributed by atoms with Gasteiger partial charge in [0.1, 0.15) is 0 Å². The molecule has 4 heteroatoms. The second-order valence-corrected chi connectivity index (χ2v) is 4.58. The van der Waals surface area contributed by atoms with Crippen LogP contribution in [0.1, 0.15) is 29.5 Å². The van der Waals surface area contributed by atoms with E-state index in [1.165, 1.54) is 24.0 Å². The molecule has 17 heavy (non-hydrogen) atoms. The van der Waals surface area contributed by atoms with E-state index in [0.29, 0.717) is 5.92 Å². The summed E-state index contributed by atoms with van der Waals surface area (Å²) in [5.41, 5.74) is 15.3. The van der Waals surface area contributed by atoms with Crippen LogP contribution in [0.3, 0.4) is 0 Å². The van der Waals surface area contributed by atoms with E-state index in [9.17, 15) is 0 Å². The summed E-state index contributed by atoms with van der Waals surface area (Å²) in [5, 5.41) is 7.96. The Bertz CT molecular complexity index is 480. The summed E-state index contributed by atoms with van der Waals surface area (Å²) in [4.78, 5) is 0. The van der Waals surface area contributed by atoms with Crippen LogP contribution in [-0.2, 0) is 0 Å². The zero-order chi connectivity index (χ0) is 12.4. The molecule has 1 aliphatic carbocycles. The van der Waals surface area contributed by atoms with Gasteiger partial charge < -0.3 is 11.5 Å². The number of hydrogen-bond donors (Lipinski definition) is 2. The molecule has 1 aromatic rings. The molecular formula is C13H18N4. The van der Waals surface area contributed by atoms with Gasteiger partial charge in [0.25, 0.3) is 0 Å². The molecule has 1 fully saturated rings. The van der Waals surface area contributed by atoms with Crippen molar-refractivity contribution in [2.24, 2.45) is 27.6 Å². The fourth-order valence-electron chi connectivity index (χ4n) is 1.74. The van der Waals surface area contributed by atoms with Crippen LogP contribution in [0.25, 0.3) is 0 Å². The Morgan fingerprint density at radius 3 is 2.35 bits per heavy atom. The zero-order valence-electron chi connectivity index (χ0n) is 10.3. The van der Waals surface area contributed by atoms with Crippen LogP contribution in [0.4, 0.5) is 0 Å². The summed E-state index contributed by atoms with van der Waals surface area (Å²) in [6.45, 7) is 4.20. The lowest BCUT2D eigenvalue weighted by atomic mass is 10.0. The Kier molecular flexibility index (Phi) is 3.13. The first-order chi connectivity index (χ1) is 8.08. The van der Waals surface area contributed by atoms with Crippen LogP contribution in [0.2, 0.25) is 0 Å². The highest BCUT2D eigenvalue weighted by molar-refractivity contribution is 6.04. The normalized spacial score (nSPS) is 15.8. The number of aryl methyl sites for hydroxylation is 2. The van der Waals surface area contributed by atoms with Gasteiger partial charge in [-0.15, -0.1) is 5.10 Å². The van der Waals surface area contributed by atoms with Crippen LogP contribution in [0.15, 0.2) is 28.4 Å². The first kappa shape index (κ1) is 11.6. The quantitative estimate of drug-likeness (QED) is 0.471. The van der Waals surface area contributed by atoms with E-state index in [-0.39, 0.29) is 5.96 Å². The molecule has 1 aliphatic rings. The molecule has 0 spiro atoms. The molecular weight excluding hydrogens is 212 g/mol. The summed E-state index contributed by atoms with van der Waals surface area (Å²) in [6.07, 6.45) is 2.34. The SMILES string of the molecule is Cc1ccc(/C(=N/N=C(N)N)C2CC2)cc1C. The van der Waals surface area contributed by atoms with Crippen molar-refractivity contribution in [3.8, 4) is 0 Å². The van der Waals surface area contributed by atoms with Crippen molar-refractivity contribution in [3.05, 3.63) is 34.9 Å². The molecule has 0 aromatic heterocycles. The van der Waals surface area contributed by atoms with Gasteiger partial charge in [0.15, 0.2) is 0 Å². The van der Waals surface area contributed by atoms with Crippen LogP contribution >= 0.6 is 0 Å². The monoisotopic (exact) mass is 230 g/mol. The minimum Gasteiger partial charge on any atom is -0.369 e. The van der Waals surface area contributed by atoms with E-state index >= 15 is 0 Å². The Morgan fingerprint density at radius 2 is 1.82 bits per heavy atom. The summed E-state index contributed by atoms with van der Waals surface area (Å²) in [6, 6.07) is 6.34. The van der Waals surface area contributed by atoms with E-state index in [4.69, 9.17) is 11.5 Å². The molecule has 1 aromatic carbocycles. The molecule has 0 amide bonds. The molecule has 0 aliphatic heterocycles. The first-order valence-electron chi connectivity index (χ1n) is 5.82. The molecule has 2 rings (SSSR count). The Morgan fingerprint density at radius 1 is 1.12 bits per heavy atom. The van der Waals surface area contributed by atoms with Crippen LogP contribution in [0.5, 0.6) is 0 Å². The van der Waals surface area contributed by atoms with E-state index < -0.39 is 0 Å². The van der Waals surface area contributed by atoms with Crippen molar-refractivity contribution in [1.82, 2.24) is 0 Å². The molecule has 4 nitrogen and oxygen atoms in total. The van der Waals surface area contributed by atoms with E-state index in [2.05, 4.69) is 42.2 Å². The highest BCUT2D eigenvalue weighted by Crippen LogP contribution is 2.33. The van der Waals surface area contributed by atoms with E-state index in [1.54, 1.807) is 0 Å². The highest BCUT2D eigenvalue weighted by atomic mass is 15.3. The lowest BCUT2D eigenvalue weighted by molar-refractivity contribution is 1.11. The zero-order valence-corrected chi connectivity index (χ0v) is 10.3. The smallest absolute Gasteiger partial charge is 0.211 e. The second-order valence-electron chi connectivity index (χ2n) is 4.58. The highest BCUT2D eigenvalue weighted by Gasteiger charge is 2.28. The third kappa shape index (κ3) is 2.84. The molecule has 0 heterocycles. The molecule has 1 saturated carbocycles. The van der Waals surface area contributed by atoms with Gasteiger partial charge >= 0.3 is 0 Å². The average molecular weight is 230 g/mol. The van der Waals surface area contributed by atoms with Crippen molar-refractivity contribution < 1.29 is 0 Å². The average Bonchev–Trinajstić information content (AvgIpc) is 3.07. The summed E-state index contributed by atoms with van der Waals surface area (Å²) in [7, 11) is 0. The number of benzene rings is 1. The van der Waals surface area contributed by atoms with E-state index in [0.717, 1.165) is 11.3 Å². The topological polar surface area (TPSA) is 76.8 Å². The van der Waals surface area contributed by atoms with Gasteiger partial charge in [-0.05, 0) is 49.4 Å². The van der Waals surface area contributed by atoms with E-state index in [1.807, 2.05) is 0 Å². The van der Waals surface area contributed by atoms with Crippen LogP contribution < -0.4 is 11.5 Å². The van der Waals surface area contributed by atoms with Crippen LogP contribution in [-0.4, -0.2) is 11.7 Å². The molecule has 0 radical (unpaired) electrons. The minimum absolute atomic E-state index is 0.00647. The van der Waals surface area contributed by atoms with Gasteiger partial charge in [0.2, 0.25) is 5.96 Å². The third-order valence-corrected chi connectivity index (χ3v) is 3.04. The molecule has 0 saturated heterocycles. The molecule has 0 unspecified atom stereocenters.